The summed E-state index contributed by atoms with van der Waals surface area (Å²) in [6.07, 6.45) is 1.79. The van der Waals surface area contributed by atoms with Crippen LogP contribution in [0, 0.1) is 23.0 Å². The number of likely N-dealkylation sites (tertiary alicyclic amines) is 1. The van der Waals surface area contributed by atoms with Gasteiger partial charge in [-0.05, 0) is 31.2 Å². The van der Waals surface area contributed by atoms with E-state index in [4.69, 9.17) is 11.6 Å². The van der Waals surface area contributed by atoms with E-state index in [0.717, 1.165) is 12.8 Å². The predicted molar refractivity (Wildman–Crippen MR) is 77.2 cm³/mol. The lowest BCUT2D eigenvalue weighted by Gasteiger charge is -2.17. The van der Waals surface area contributed by atoms with Gasteiger partial charge in [-0.25, -0.2) is 0 Å². The number of nitro groups is 1. The van der Waals surface area contributed by atoms with Gasteiger partial charge in [-0.1, -0.05) is 12.1 Å². The van der Waals surface area contributed by atoms with Crippen molar-refractivity contribution in [2.75, 3.05) is 19.0 Å². The average molecular weight is 297 g/mol. The number of carbonyl (C=O) groups excluding carboxylic acids is 1. The van der Waals surface area contributed by atoms with Crippen molar-refractivity contribution in [2.45, 2.75) is 19.8 Å². The maximum Gasteiger partial charge on any atom is 0.282 e. The fourth-order valence-electron chi connectivity index (χ4n) is 2.65. The van der Waals surface area contributed by atoms with Crippen LogP contribution in [-0.2, 0) is 0 Å². The molecule has 0 bridgehead atoms. The highest BCUT2D eigenvalue weighted by Crippen LogP contribution is 2.27. The third-order valence-electron chi connectivity index (χ3n) is 3.75. The molecule has 6 heteroatoms. The van der Waals surface area contributed by atoms with Crippen LogP contribution < -0.4 is 0 Å². The summed E-state index contributed by atoms with van der Waals surface area (Å²) >= 11 is 5.73. The van der Waals surface area contributed by atoms with E-state index < -0.39 is 4.92 Å². The summed E-state index contributed by atoms with van der Waals surface area (Å²) in [4.78, 5) is 24.8. The summed E-state index contributed by atoms with van der Waals surface area (Å²) in [7, 11) is 0. The van der Waals surface area contributed by atoms with Gasteiger partial charge >= 0.3 is 0 Å². The number of amides is 1. The molecule has 1 aliphatic heterocycles. The number of alkyl halides is 1. The quantitative estimate of drug-likeness (QED) is 0.487. The molecule has 1 amide bonds. The molecule has 2 rings (SSSR count). The van der Waals surface area contributed by atoms with Crippen molar-refractivity contribution in [3.63, 3.8) is 0 Å². The highest BCUT2D eigenvalue weighted by atomic mass is 35.5. The summed E-state index contributed by atoms with van der Waals surface area (Å²) < 4.78 is 0. The molecule has 20 heavy (non-hydrogen) atoms. The minimum absolute atomic E-state index is 0.115. The van der Waals surface area contributed by atoms with Crippen molar-refractivity contribution < 1.29 is 9.72 Å². The molecule has 1 aliphatic rings. The first-order valence-corrected chi connectivity index (χ1v) is 7.17. The Morgan fingerprint density at radius 1 is 1.55 bits per heavy atom. The molecule has 108 valence electrons. The molecule has 0 N–H and O–H groups in total. The van der Waals surface area contributed by atoms with Crippen LogP contribution in [0.3, 0.4) is 0 Å². The number of nitro benzene ring substituents is 1. The van der Waals surface area contributed by atoms with Crippen molar-refractivity contribution >= 4 is 23.2 Å². The van der Waals surface area contributed by atoms with Crippen LogP contribution in [0.1, 0.15) is 28.8 Å². The number of rotatable bonds is 4. The molecule has 0 aromatic heterocycles. The second-order valence-electron chi connectivity index (χ2n) is 5.11. The Morgan fingerprint density at radius 3 is 2.95 bits per heavy atom. The van der Waals surface area contributed by atoms with Crippen LogP contribution in [0.2, 0.25) is 0 Å². The van der Waals surface area contributed by atoms with Crippen LogP contribution in [-0.4, -0.2) is 34.7 Å². The molecule has 1 aromatic rings. The summed E-state index contributed by atoms with van der Waals surface area (Å²) in [6.45, 7) is 3.01. The van der Waals surface area contributed by atoms with Gasteiger partial charge in [0.2, 0.25) is 0 Å². The average Bonchev–Trinajstić information content (AvgIpc) is 2.86. The Morgan fingerprint density at radius 2 is 2.30 bits per heavy atom. The Labute approximate surface area is 122 Å². The summed E-state index contributed by atoms with van der Waals surface area (Å²) in [5.41, 5.74) is 0.741. The van der Waals surface area contributed by atoms with Gasteiger partial charge in [-0.2, -0.15) is 0 Å². The number of nitrogens with zero attached hydrogens (tertiary/aromatic N) is 2. The SMILES string of the molecule is Cc1cccc([N+](=O)[O-])c1C(=O)N1CCC(CCCl)C1. The number of hydrogen-bond donors (Lipinski definition) is 0. The van der Waals surface area contributed by atoms with Gasteiger partial charge in [0.05, 0.1) is 4.92 Å². The molecule has 5 nitrogen and oxygen atoms in total. The fourth-order valence-corrected chi connectivity index (χ4v) is 2.96. The van der Waals surface area contributed by atoms with Gasteiger partial charge < -0.3 is 4.90 Å². The molecular formula is C14H17ClN2O3. The van der Waals surface area contributed by atoms with Gasteiger partial charge in [-0.3, -0.25) is 14.9 Å². The molecule has 1 fully saturated rings. The van der Waals surface area contributed by atoms with Gasteiger partial charge in [0.15, 0.2) is 0 Å². The smallest absolute Gasteiger partial charge is 0.282 e. The number of halogens is 1. The zero-order valence-corrected chi connectivity index (χ0v) is 12.1. The molecule has 1 aromatic carbocycles. The minimum Gasteiger partial charge on any atom is -0.338 e. The van der Waals surface area contributed by atoms with E-state index in [0.29, 0.717) is 30.5 Å². The van der Waals surface area contributed by atoms with Crippen molar-refractivity contribution in [3.8, 4) is 0 Å². The number of aryl methyl sites for hydroxylation is 1. The van der Waals surface area contributed by atoms with Gasteiger partial charge in [0.25, 0.3) is 11.6 Å². The summed E-state index contributed by atoms with van der Waals surface area (Å²) in [6, 6.07) is 4.71. The Bertz CT molecular complexity index is 533. The highest BCUT2D eigenvalue weighted by molar-refractivity contribution is 6.17. The van der Waals surface area contributed by atoms with Crippen LogP contribution in [0.4, 0.5) is 5.69 Å². The monoisotopic (exact) mass is 296 g/mol. The van der Waals surface area contributed by atoms with Crippen molar-refractivity contribution in [1.29, 1.82) is 0 Å². The Kier molecular flexibility index (Phi) is 4.60. The van der Waals surface area contributed by atoms with E-state index in [1.54, 1.807) is 24.0 Å². The van der Waals surface area contributed by atoms with Crippen molar-refractivity contribution in [1.82, 2.24) is 4.90 Å². The lowest BCUT2D eigenvalue weighted by atomic mass is 10.0. The highest BCUT2D eigenvalue weighted by Gasteiger charge is 2.31. The maximum absolute atomic E-state index is 12.5. The van der Waals surface area contributed by atoms with Crippen molar-refractivity contribution in [2.24, 2.45) is 5.92 Å². The van der Waals surface area contributed by atoms with Crippen molar-refractivity contribution in [3.05, 3.63) is 39.4 Å². The molecule has 1 saturated heterocycles. The third-order valence-corrected chi connectivity index (χ3v) is 3.97. The van der Waals surface area contributed by atoms with Crippen LogP contribution >= 0.6 is 11.6 Å². The van der Waals surface area contributed by atoms with E-state index in [1.165, 1.54) is 6.07 Å². The standard InChI is InChI=1S/C14H17ClN2O3/c1-10-3-2-4-12(17(19)20)13(10)14(18)16-8-6-11(9-16)5-7-15/h2-4,11H,5-9H2,1H3. The largest absolute Gasteiger partial charge is 0.338 e. The summed E-state index contributed by atoms with van der Waals surface area (Å²) in [5, 5.41) is 11.1. The molecule has 0 saturated carbocycles. The molecular weight excluding hydrogens is 280 g/mol. The molecule has 0 spiro atoms. The first kappa shape index (κ1) is 14.8. The van der Waals surface area contributed by atoms with Crippen LogP contribution in [0.25, 0.3) is 0 Å². The van der Waals surface area contributed by atoms with Crippen LogP contribution in [0.15, 0.2) is 18.2 Å². The zero-order valence-electron chi connectivity index (χ0n) is 11.3. The molecule has 0 aliphatic carbocycles. The molecule has 0 radical (unpaired) electrons. The molecule has 1 unspecified atom stereocenters. The fraction of sp³-hybridized carbons (Fsp3) is 0.500. The Balaban J connectivity index is 2.24. The lowest BCUT2D eigenvalue weighted by molar-refractivity contribution is -0.385. The zero-order chi connectivity index (χ0) is 14.7. The first-order valence-electron chi connectivity index (χ1n) is 6.63. The number of benzene rings is 1. The minimum atomic E-state index is -0.494. The third kappa shape index (κ3) is 2.93. The molecule has 1 atom stereocenters. The van der Waals surface area contributed by atoms with Gasteiger partial charge in [0, 0.05) is 25.0 Å². The lowest BCUT2D eigenvalue weighted by Crippen LogP contribution is -2.30. The predicted octanol–water partition coefficient (Wildman–Crippen LogP) is 2.99. The second kappa shape index (κ2) is 6.22. The normalized spacial score (nSPS) is 18.3. The maximum atomic E-state index is 12.5. The van der Waals surface area contributed by atoms with E-state index in [9.17, 15) is 14.9 Å². The first-order chi connectivity index (χ1) is 9.54. The molecule has 1 heterocycles. The van der Waals surface area contributed by atoms with Crippen LogP contribution in [0.5, 0.6) is 0 Å². The Hall–Kier alpha value is -1.62. The topological polar surface area (TPSA) is 63.5 Å². The second-order valence-corrected chi connectivity index (χ2v) is 5.49. The number of hydrogen-bond acceptors (Lipinski definition) is 3. The van der Waals surface area contributed by atoms with Gasteiger partial charge in [-0.15, -0.1) is 11.6 Å². The van der Waals surface area contributed by atoms with E-state index in [-0.39, 0.29) is 17.2 Å². The van der Waals surface area contributed by atoms with E-state index in [2.05, 4.69) is 0 Å². The number of carbonyl (C=O) groups is 1. The van der Waals surface area contributed by atoms with E-state index in [1.807, 2.05) is 0 Å². The van der Waals surface area contributed by atoms with E-state index >= 15 is 0 Å². The summed E-state index contributed by atoms with van der Waals surface area (Å²) in [5.74, 6) is 0.739. The van der Waals surface area contributed by atoms with Gasteiger partial charge in [0.1, 0.15) is 5.56 Å².